The van der Waals surface area contributed by atoms with E-state index in [1.165, 1.54) is 25.0 Å². The number of hydrogen-bond acceptors (Lipinski definition) is 10. The van der Waals surface area contributed by atoms with E-state index in [2.05, 4.69) is 61.8 Å². The van der Waals surface area contributed by atoms with Crippen LogP contribution >= 0.6 is 0 Å². The number of aromatic amines is 4. The average Bonchev–Trinajstić information content (AvgIpc) is 4.18. The predicted molar refractivity (Wildman–Crippen MR) is 256 cm³/mol. The van der Waals surface area contributed by atoms with E-state index in [1.807, 2.05) is 69.3 Å². The molecular weight excluding hydrogens is 887 g/mol. The molecule has 7 atom stereocenters. The van der Waals surface area contributed by atoms with Crippen molar-refractivity contribution in [1.29, 1.82) is 0 Å². The zero-order chi connectivity index (χ0) is 49.6. The molecule has 4 heterocycles. The van der Waals surface area contributed by atoms with Crippen molar-refractivity contribution >= 4 is 63.2 Å². The van der Waals surface area contributed by atoms with Crippen LogP contribution in [0.15, 0.2) is 86.0 Å². The number of fused-ring (bicyclic) bond motifs is 2. The summed E-state index contributed by atoms with van der Waals surface area (Å²) in [5.74, 6) is -5.87. The topological polar surface area (TPSA) is 327 Å². The number of imidazole rings is 2. The molecule has 0 aliphatic heterocycles. The lowest BCUT2D eigenvalue weighted by molar-refractivity contribution is -0.142. The van der Waals surface area contributed by atoms with Crippen molar-refractivity contribution in [3.05, 3.63) is 108 Å². The Bertz CT molecular complexity index is 2690. The molecule has 4 aromatic heterocycles. The molecule has 6 aromatic rings. The third kappa shape index (κ3) is 13.9. The Morgan fingerprint density at radius 2 is 1.10 bits per heavy atom. The van der Waals surface area contributed by atoms with Gasteiger partial charge in [-0.1, -0.05) is 70.5 Å². The summed E-state index contributed by atoms with van der Waals surface area (Å²) >= 11 is 0. The number of rotatable bonds is 25. The first-order valence-electron chi connectivity index (χ1n) is 22.9. The second-order valence-corrected chi connectivity index (χ2v) is 17.7. The van der Waals surface area contributed by atoms with Gasteiger partial charge in [-0.05, 0) is 41.5 Å². The first-order chi connectivity index (χ1) is 33.1. The lowest BCUT2D eigenvalue weighted by Crippen LogP contribution is -2.60. The van der Waals surface area contributed by atoms with Crippen molar-refractivity contribution in [3.8, 4) is 0 Å². The first-order valence-corrected chi connectivity index (χ1v) is 22.9. The van der Waals surface area contributed by atoms with Crippen LogP contribution in [0.1, 0.15) is 63.1 Å². The van der Waals surface area contributed by atoms with Crippen LogP contribution in [-0.2, 0) is 59.2 Å². The molecule has 0 saturated carbocycles. The van der Waals surface area contributed by atoms with Crippen molar-refractivity contribution in [3.63, 3.8) is 0 Å². The van der Waals surface area contributed by atoms with Gasteiger partial charge in [-0.25, -0.2) is 14.8 Å². The van der Waals surface area contributed by atoms with E-state index < -0.39 is 90.1 Å². The summed E-state index contributed by atoms with van der Waals surface area (Å²) in [7, 11) is 0. The highest BCUT2D eigenvalue weighted by Gasteiger charge is 2.35. The Morgan fingerprint density at radius 3 is 1.62 bits per heavy atom. The molecule has 0 unspecified atom stereocenters. The van der Waals surface area contributed by atoms with Gasteiger partial charge in [-0.2, -0.15) is 0 Å². The lowest BCUT2D eigenvalue weighted by atomic mass is 9.96. The normalized spacial score (nSPS) is 14.5. The monoisotopic (exact) mass is 947 g/mol. The minimum absolute atomic E-state index is 0.0345. The van der Waals surface area contributed by atoms with Crippen LogP contribution in [0.3, 0.4) is 0 Å². The number of para-hydroxylation sites is 2. The Morgan fingerprint density at radius 1 is 0.609 bits per heavy atom. The quantitative estimate of drug-likeness (QED) is 0.0389. The summed E-state index contributed by atoms with van der Waals surface area (Å²) in [5.41, 5.74) is 10.2. The number of amides is 6. The molecule has 0 fully saturated rings. The van der Waals surface area contributed by atoms with Crippen molar-refractivity contribution < 1.29 is 38.7 Å². The summed E-state index contributed by atoms with van der Waals surface area (Å²) in [6, 6.07) is 7.65. The van der Waals surface area contributed by atoms with Gasteiger partial charge in [0, 0.05) is 83.7 Å². The molecule has 21 nitrogen and oxygen atoms in total. The maximum absolute atomic E-state index is 14.3. The first kappa shape index (κ1) is 50.6. The van der Waals surface area contributed by atoms with Gasteiger partial charge in [-0.15, -0.1) is 0 Å². The maximum Gasteiger partial charge on any atom is 0.326 e. The fourth-order valence-corrected chi connectivity index (χ4v) is 8.02. The van der Waals surface area contributed by atoms with Crippen LogP contribution in [-0.4, -0.2) is 119 Å². The number of carboxylic acid groups (broad SMARTS) is 1. The zero-order valence-corrected chi connectivity index (χ0v) is 38.9. The van der Waals surface area contributed by atoms with Crippen LogP contribution in [0.4, 0.5) is 0 Å². The number of nitrogens with one attached hydrogen (secondary N) is 10. The van der Waals surface area contributed by atoms with E-state index in [-0.39, 0.29) is 31.6 Å². The highest BCUT2D eigenvalue weighted by Crippen LogP contribution is 2.21. The minimum Gasteiger partial charge on any atom is -0.480 e. The van der Waals surface area contributed by atoms with Gasteiger partial charge in [0.15, 0.2) is 0 Å². The van der Waals surface area contributed by atoms with Gasteiger partial charge in [0.1, 0.15) is 30.2 Å². The van der Waals surface area contributed by atoms with E-state index in [0.29, 0.717) is 29.8 Å². The molecule has 21 heteroatoms. The molecule has 13 N–H and O–H groups in total. The third-order valence-corrected chi connectivity index (χ3v) is 12.0. The molecular formula is C48H61N13O8. The van der Waals surface area contributed by atoms with Gasteiger partial charge < -0.3 is 62.7 Å². The number of carboxylic acids is 1. The number of nitrogens with two attached hydrogens (primary N) is 1. The van der Waals surface area contributed by atoms with Crippen molar-refractivity contribution in [2.45, 2.75) is 102 Å². The predicted octanol–water partition coefficient (Wildman–Crippen LogP) is 1.41. The Labute approximate surface area is 397 Å². The molecule has 0 aliphatic carbocycles. The molecule has 0 spiro atoms. The summed E-state index contributed by atoms with van der Waals surface area (Å²) in [6.07, 6.45) is 9.78. The van der Waals surface area contributed by atoms with Crippen LogP contribution in [0.25, 0.3) is 21.8 Å². The van der Waals surface area contributed by atoms with E-state index in [9.17, 15) is 38.7 Å². The average molecular weight is 948 g/mol. The summed E-state index contributed by atoms with van der Waals surface area (Å²) in [4.78, 5) is 116. The number of carbonyl (C=O) groups excluding carboxylic acids is 6. The van der Waals surface area contributed by atoms with Crippen LogP contribution in [0, 0.1) is 11.8 Å². The SMILES string of the molecule is CC[C@H](C)[C@H](NC(=O)[C@H](Cc1cnc[nH]1)NC(=O)[C@H](Cc1cnc[nH]1)NC(=O)CNC(=O)[C@H](Cc1c[nH]c2ccccc12)NC(=O)[C@@H](N)CC(C)C)C(=O)N[C@@H](Cc1c[nH]c2ccccc12)C(=O)O. The standard InChI is InChI=1S/C48H61N13O8/c1-5-27(4)42(47(67)60-40(48(68)69)16-29-20-53-36-13-9-7-11-33(29)36)61-46(66)39(18-31-22-51-25-56-31)59-45(65)38(17-30-21-50-24-55-30)57-41(62)23-54-44(64)37(58-43(63)34(49)14-26(2)3)15-28-19-52-35-12-8-6-10-32(28)35/h6-13,19-22,24-27,34,37-40,42,52-53H,5,14-18,23,49H2,1-4H3,(H,50,55)(H,51,56)(H,54,64)(H,57,62)(H,58,63)(H,59,65)(H,60,67)(H,61,66)(H,68,69)/t27-,34-,37-,38-,39-,40-,42-/m0/s1. The van der Waals surface area contributed by atoms with Crippen molar-refractivity contribution in [2.24, 2.45) is 17.6 Å². The van der Waals surface area contributed by atoms with Gasteiger partial charge in [0.05, 0.1) is 25.2 Å². The minimum atomic E-state index is -1.34. The fraction of sp³-hybridized carbons (Fsp3) is 0.396. The number of hydrogen-bond donors (Lipinski definition) is 12. The second kappa shape index (κ2) is 23.8. The largest absolute Gasteiger partial charge is 0.480 e. The van der Waals surface area contributed by atoms with E-state index in [4.69, 9.17) is 5.73 Å². The maximum atomic E-state index is 14.3. The summed E-state index contributed by atoms with van der Waals surface area (Å²) in [6.45, 7) is 6.81. The third-order valence-electron chi connectivity index (χ3n) is 12.0. The molecule has 2 aromatic carbocycles. The van der Waals surface area contributed by atoms with Crippen molar-refractivity contribution in [2.75, 3.05) is 6.54 Å². The Hall–Kier alpha value is -7.81. The molecule has 69 heavy (non-hydrogen) atoms. The Kier molecular flexibility index (Phi) is 17.4. The van der Waals surface area contributed by atoms with E-state index >= 15 is 0 Å². The molecule has 366 valence electrons. The zero-order valence-electron chi connectivity index (χ0n) is 38.9. The lowest BCUT2D eigenvalue weighted by Gasteiger charge is -2.28. The molecule has 0 saturated heterocycles. The van der Waals surface area contributed by atoms with Crippen molar-refractivity contribution in [1.82, 2.24) is 61.8 Å². The Balaban J connectivity index is 1.15. The number of H-pyrrole nitrogens is 4. The number of aliphatic carboxylic acids is 1. The summed E-state index contributed by atoms with van der Waals surface area (Å²) in [5, 5.41) is 27.9. The highest BCUT2D eigenvalue weighted by molar-refractivity contribution is 5.97. The van der Waals surface area contributed by atoms with Gasteiger partial charge in [0.25, 0.3) is 0 Å². The van der Waals surface area contributed by atoms with Crippen LogP contribution < -0.4 is 37.6 Å². The molecule has 0 aliphatic rings. The van der Waals surface area contributed by atoms with E-state index in [0.717, 1.165) is 27.4 Å². The smallest absolute Gasteiger partial charge is 0.326 e. The number of nitrogens with zero attached hydrogens (tertiary/aromatic N) is 2. The van der Waals surface area contributed by atoms with E-state index in [1.54, 1.807) is 19.3 Å². The number of benzene rings is 2. The molecule has 0 radical (unpaired) electrons. The molecule has 6 rings (SSSR count). The number of aromatic nitrogens is 6. The summed E-state index contributed by atoms with van der Waals surface area (Å²) < 4.78 is 0. The number of carbonyl (C=O) groups is 7. The van der Waals surface area contributed by atoms with Gasteiger partial charge >= 0.3 is 5.97 Å². The fourth-order valence-electron chi connectivity index (χ4n) is 8.02. The second-order valence-electron chi connectivity index (χ2n) is 17.7. The van der Waals surface area contributed by atoms with Gasteiger partial charge in [-0.3, -0.25) is 28.8 Å². The highest BCUT2D eigenvalue weighted by atomic mass is 16.4. The molecule has 6 amide bonds. The molecule has 0 bridgehead atoms. The van der Waals surface area contributed by atoms with Crippen LogP contribution in [0.5, 0.6) is 0 Å². The van der Waals surface area contributed by atoms with Gasteiger partial charge in [0.2, 0.25) is 35.4 Å². The van der Waals surface area contributed by atoms with Crippen LogP contribution in [0.2, 0.25) is 0 Å².